The Labute approximate surface area is 119 Å². The lowest BCUT2D eigenvalue weighted by Gasteiger charge is -2.07. The number of amides is 2. The van der Waals surface area contributed by atoms with Crippen LogP contribution >= 0.6 is 0 Å². The molecule has 20 heavy (non-hydrogen) atoms. The smallest absolute Gasteiger partial charge is 0.329 e. The number of hydrogen-bond donors (Lipinski definition) is 2. The van der Waals surface area contributed by atoms with Crippen molar-refractivity contribution >= 4 is 18.0 Å². The van der Waals surface area contributed by atoms with E-state index in [4.69, 9.17) is 0 Å². The van der Waals surface area contributed by atoms with Gasteiger partial charge in [-0.05, 0) is 45.7 Å². The number of hydrazone groups is 1. The van der Waals surface area contributed by atoms with E-state index in [1.165, 1.54) is 5.56 Å². The predicted molar refractivity (Wildman–Crippen MR) is 79.7 cm³/mol. The molecule has 2 amide bonds. The summed E-state index contributed by atoms with van der Waals surface area (Å²) in [7, 11) is 0. The van der Waals surface area contributed by atoms with Crippen LogP contribution in [0.5, 0.6) is 0 Å². The van der Waals surface area contributed by atoms with E-state index >= 15 is 0 Å². The Bertz CT molecular complexity index is 525. The molecule has 0 bridgehead atoms. The average molecular weight is 275 g/mol. The van der Waals surface area contributed by atoms with Crippen molar-refractivity contribution in [1.82, 2.24) is 10.7 Å². The molecule has 0 saturated carbocycles. The Kier molecular flexibility index (Phi) is 5.43. The second kappa shape index (κ2) is 6.84. The molecule has 0 aliphatic heterocycles. The molecule has 0 saturated heterocycles. The lowest BCUT2D eigenvalue weighted by atomic mass is 10.0. The minimum atomic E-state index is -0.766. The molecule has 5 heteroatoms. The first-order chi connectivity index (χ1) is 9.31. The summed E-state index contributed by atoms with van der Waals surface area (Å²) in [6.07, 6.45) is 1.56. The summed E-state index contributed by atoms with van der Waals surface area (Å²) < 4.78 is 0. The third-order valence-corrected chi connectivity index (χ3v) is 2.72. The van der Waals surface area contributed by atoms with E-state index in [-0.39, 0.29) is 6.04 Å². The summed E-state index contributed by atoms with van der Waals surface area (Å²) in [6, 6.07) is 4.00. The Morgan fingerprint density at radius 1 is 1.10 bits per heavy atom. The predicted octanol–water partition coefficient (Wildman–Crippen LogP) is 1.59. The first-order valence-corrected chi connectivity index (χ1v) is 6.53. The molecular formula is C15H21N3O2. The highest BCUT2D eigenvalue weighted by Gasteiger charge is 2.13. The third kappa shape index (κ3) is 4.50. The summed E-state index contributed by atoms with van der Waals surface area (Å²) in [6.45, 7) is 9.56. The SMILES string of the molecule is Cc1cc(C)c(/C=N\NC(=O)C(=O)NC(C)C)c(C)c1. The number of nitrogens with one attached hydrogen (secondary N) is 2. The number of hydrogen-bond acceptors (Lipinski definition) is 3. The van der Waals surface area contributed by atoms with Crippen molar-refractivity contribution in [1.29, 1.82) is 0 Å². The molecule has 0 aliphatic carbocycles. The molecule has 0 aliphatic rings. The number of aryl methyl sites for hydroxylation is 3. The fourth-order valence-corrected chi connectivity index (χ4v) is 1.93. The number of nitrogens with zero attached hydrogens (tertiary/aromatic N) is 1. The Morgan fingerprint density at radius 3 is 2.15 bits per heavy atom. The number of carbonyl (C=O) groups is 2. The average Bonchev–Trinajstić information content (AvgIpc) is 2.31. The highest BCUT2D eigenvalue weighted by Crippen LogP contribution is 2.13. The second-order valence-electron chi connectivity index (χ2n) is 5.14. The van der Waals surface area contributed by atoms with Gasteiger partial charge in [-0.3, -0.25) is 9.59 Å². The van der Waals surface area contributed by atoms with Crippen LogP contribution in [0.3, 0.4) is 0 Å². The maximum absolute atomic E-state index is 11.5. The Balaban J connectivity index is 2.71. The molecule has 1 aromatic rings. The quantitative estimate of drug-likeness (QED) is 0.499. The molecule has 0 atom stereocenters. The molecule has 0 fully saturated rings. The van der Waals surface area contributed by atoms with Gasteiger partial charge in [-0.25, -0.2) is 5.43 Å². The largest absolute Gasteiger partial charge is 0.346 e. The lowest BCUT2D eigenvalue weighted by molar-refractivity contribution is -0.139. The third-order valence-electron chi connectivity index (χ3n) is 2.72. The van der Waals surface area contributed by atoms with Crippen LogP contribution in [-0.2, 0) is 9.59 Å². The van der Waals surface area contributed by atoms with E-state index in [0.29, 0.717) is 0 Å². The van der Waals surface area contributed by atoms with Gasteiger partial charge in [0.25, 0.3) is 0 Å². The first-order valence-electron chi connectivity index (χ1n) is 6.53. The van der Waals surface area contributed by atoms with E-state index in [1.54, 1.807) is 20.1 Å². The van der Waals surface area contributed by atoms with Gasteiger partial charge in [0.1, 0.15) is 0 Å². The molecule has 0 heterocycles. The zero-order valence-electron chi connectivity index (χ0n) is 12.6. The van der Waals surface area contributed by atoms with Gasteiger partial charge in [0, 0.05) is 11.6 Å². The van der Waals surface area contributed by atoms with Crippen molar-refractivity contribution < 1.29 is 9.59 Å². The molecule has 108 valence electrons. The van der Waals surface area contributed by atoms with E-state index in [1.807, 2.05) is 32.9 Å². The lowest BCUT2D eigenvalue weighted by Crippen LogP contribution is -2.41. The highest BCUT2D eigenvalue weighted by molar-refractivity contribution is 6.35. The van der Waals surface area contributed by atoms with Crippen molar-refractivity contribution in [2.45, 2.75) is 40.7 Å². The fraction of sp³-hybridized carbons (Fsp3) is 0.400. The van der Waals surface area contributed by atoms with Gasteiger partial charge in [-0.15, -0.1) is 0 Å². The molecule has 0 aromatic heterocycles. The number of benzene rings is 1. The number of carbonyl (C=O) groups excluding carboxylic acids is 2. The van der Waals surface area contributed by atoms with Gasteiger partial charge in [0.15, 0.2) is 0 Å². The summed E-state index contributed by atoms with van der Waals surface area (Å²) in [5.74, 6) is -1.45. The van der Waals surface area contributed by atoms with Crippen molar-refractivity contribution in [3.8, 4) is 0 Å². The summed E-state index contributed by atoms with van der Waals surface area (Å²) >= 11 is 0. The van der Waals surface area contributed by atoms with Crippen LogP contribution in [0.4, 0.5) is 0 Å². The first kappa shape index (κ1) is 15.9. The van der Waals surface area contributed by atoms with Gasteiger partial charge in [0.2, 0.25) is 0 Å². The van der Waals surface area contributed by atoms with Crippen LogP contribution < -0.4 is 10.7 Å². The molecule has 0 radical (unpaired) electrons. The van der Waals surface area contributed by atoms with E-state index in [2.05, 4.69) is 15.8 Å². The fourth-order valence-electron chi connectivity index (χ4n) is 1.93. The topological polar surface area (TPSA) is 70.6 Å². The van der Waals surface area contributed by atoms with Crippen molar-refractivity contribution in [3.05, 3.63) is 34.4 Å². The minimum Gasteiger partial charge on any atom is -0.346 e. The standard InChI is InChI=1S/C15H21N3O2/c1-9(2)17-14(19)15(20)18-16-8-13-11(4)6-10(3)7-12(13)5/h6-9H,1-5H3,(H,17,19)(H,18,20)/b16-8-. The van der Waals surface area contributed by atoms with Gasteiger partial charge in [-0.1, -0.05) is 17.7 Å². The van der Waals surface area contributed by atoms with Crippen LogP contribution in [0.2, 0.25) is 0 Å². The van der Waals surface area contributed by atoms with Crippen molar-refractivity contribution in [2.75, 3.05) is 0 Å². The Hall–Kier alpha value is -2.17. The van der Waals surface area contributed by atoms with Crippen LogP contribution in [0.25, 0.3) is 0 Å². The molecule has 5 nitrogen and oxygen atoms in total. The van der Waals surface area contributed by atoms with Crippen molar-refractivity contribution in [3.63, 3.8) is 0 Å². The molecule has 2 N–H and O–H groups in total. The van der Waals surface area contributed by atoms with Crippen LogP contribution in [-0.4, -0.2) is 24.1 Å². The highest BCUT2D eigenvalue weighted by atomic mass is 16.2. The molecular weight excluding hydrogens is 254 g/mol. The van der Waals surface area contributed by atoms with Gasteiger partial charge >= 0.3 is 11.8 Å². The minimum absolute atomic E-state index is 0.0844. The number of rotatable bonds is 3. The zero-order valence-corrected chi connectivity index (χ0v) is 12.6. The van der Waals surface area contributed by atoms with E-state index in [0.717, 1.165) is 16.7 Å². The monoisotopic (exact) mass is 275 g/mol. The summed E-state index contributed by atoms with van der Waals surface area (Å²) in [5, 5.41) is 6.33. The van der Waals surface area contributed by atoms with Crippen LogP contribution in [0.15, 0.2) is 17.2 Å². The molecule has 1 rings (SSSR count). The van der Waals surface area contributed by atoms with Crippen LogP contribution in [0.1, 0.15) is 36.1 Å². The maximum Gasteiger partial charge on any atom is 0.329 e. The molecule has 0 unspecified atom stereocenters. The molecule has 1 aromatic carbocycles. The zero-order chi connectivity index (χ0) is 15.3. The van der Waals surface area contributed by atoms with Crippen LogP contribution in [0, 0.1) is 20.8 Å². The normalized spacial score (nSPS) is 10.9. The second-order valence-corrected chi connectivity index (χ2v) is 5.14. The van der Waals surface area contributed by atoms with Gasteiger partial charge < -0.3 is 5.32 Å². The summed E-state index contributed by atoms with van der Waals surface area (Å²) in [4.78, 5) is 22.8. The van der Waals surface area contributed by atoms with E-state index in [9.17, 15) is 9.59 Å². The summed E-state index contributed by atoms with van der Waals surface area (Å²) in [5.41, 5.74) is 6.50. The molecule has 0 spiro atoms. The van der Waals surface area contributed by atoms with Gasteiger partial charge in [-0.2, -0.15) is 5.10 Å². The van der Waals surface area contributed by atoms with Crippen molar-refractivity contribution in [2.24, 2.45) is 5.10 Å². The van der Waals surface area contributed by atoms with Gasteiger partial charge in [0.05, 0.1) is 6.21 Å². The van der Waals surface area contributed by atoms with E-state index < -0.39 is 11.8 Å². The Morgan fingerprint density at radius 2 is 1.65 bits per heavy atom. The maximum atomic E-state index is 11.5.